The number of rotatable bonds is 9. The monoisotopic (exact) mass is 458 g/mol. The van der Waals surface area contributed by atoms with E-state index in [1.165, 1.54) is 0 Å². The van der Waals surface area contributed by atoms with Gasteiger partial charge in [0.15, 0.2) is 11.7 Å². The van der Waals surface area contributed by atoms with E-state index in [4.69, 9.17) is 21.7 Å². The molecule has 0 atom stereocenters. The smallest absolute Gasteiger partial charge is 0.264 e. The van der Waals surface area contributed by atoms with Gasteiger partial charge in [0.25, 0.3) is 5.91 Å². The summed E-state index contributed by atoms with van der Waals surface area (Å²) in [5, 5.41) is 4.99. The number of benzene rings is 2. The van der Waals surface area contributed by atoms with Gasteiger partial charge in [-0.05, 0) is 62.5 Å². The van der Waals surface area contributed by atoms with Crippen LogP contribution < -0.4 is 31.0 Å². The number of anilines is 1. The van der Waals surface area contributed by atoms with Gasteiger partial charge in [-0.1, -0.05) is 17.7 Å². The van der Waals surface area contributed by atoms with Gasteiger partial charge in [0.1, 0.15) is 11.5 Å². The Morgan fingerprint density at radius 3 is 2.06 bits per heavy atom. The number of ether oxygens (including phenoxy) is 2. The molecule has 3 amide bonds. The Morgan fingerprint density at radius 1 is 0.812 bits per heavy atom. The van der Waals surface area contributed by atoms with Crippen molar-refractivity contribution in [3.63, 3.8) is 0 Å². The fraction of sp³-hybridized carbons (Fsp3) is 0.273. The molecule has 170 valence electrons. The van der Waals surface area contributed by atoms with Crippen LogP contribution in [0.3, 0.4) is 0 Å². The topological polar surface area (TPSA) is 118 Å². The van der Waals surface area contributed by atoms with Gasteiger partial charge < -0.3 is 14.8 Å². The lowest BCUT2D eigenvalue weighted by atomic mass is 10.2. The van der Waals surface area contributed by atoms with Gasteiger partial charge in [0.2, 0.25) is 11.8 Å². The summed E-state index contributed by atoms with van der Waals surface area (Å²) in [6.45, 7) is 4.16. The quantitative estimate of drug-likeness (QED) is 0.336. The van der Waals surface area contributed by atoms with Gasteiger partial charge in [0, 0.05) is 18.5 Å². The lowest BCUT2D eigenvalue weighted by molar-refractivity contribution is -0.125. The van der Waals surface area contributed by atoms with Crippen LogP contribution in [0.1, 0.15) is 25.3 Å². The summed E-state index contributed by atoms with van der Waals surface area (Å²) in [6.07, 6.45) is -0.0901. The molecule has 0 aliphatic carbocycles. The van der Waals surface area contributed by atoms with Gasteiger partial charge >= 0.3 is 0 Å². The fourth-order valence-corrected chi connectivity index (χ4v) is 2.58. The highest BCUT2D eigenvalue weighted by molar-refractivity contribution is 7.80. The summed E-state index contributed by atoms with van der Waals surface area (Å²) >= 11 is 4.95. The maximum absolute atomic E-state index is 12.0. The Balaban J connectivity index is 1.61. The molecular weight excluding hydrogens is 432 g/mol. The first-order chi connectivity index (χ1) is 15.4. The number of aryl methyl sites for hydroxylation is 1. The van der Waals surface area contributed by atoms with Gasteiger partial charge in [-0.3, -0.25) is 30.6 Å². The highest BCUT2D eigenvalue weighted by Crippen LogP contribution is 2.16. The first-order valence-corrected chi connectivity index (χ1v) is 10.4. The molecular formula is C22H26N4O5S. The number of carbonyl (C=O) groups is 3. The van der Waals surface area contributed by atoms with Crippen molar-refractivity contribution in [2.24, 2.45) is 0 Å². The molecule has 2 aromatic carbocycles. The van der Waals surface area contributed by atoms with Crippen LogP contribution in [0.4, 0.5) is 5.69 Å². The van der Waals surface area contributed by atoms with E-state index >= 15 is 0 Å². The Labute approximate surface area is 191 Å². The molecule has 4 N–H and O–H groups in total. The van der Waals surface area contributed by atoms with E-state index in [-0.39, 0.29) is 30.5 Å². The summed E-state index contributed by atoms with van der Waals surface area (Å²) < 4.78 is 10.7. The average Bonchev–Trinajstić information content (AvgIpc) is 2.77. The van der Waals surface area contributed by atoms with Crippen molar-refractivity contribution in [3.8, 4) is 11.5 Å². The normalized spacial score (nSPS) is 9.94. The molecule has 0 heterocycles. The third-order valence-corrected chi connectivity index (χ3v) is 4.19. The number of nitrogens with one attached hydrogen (secondary N) is 4. The van der Waals surface area contributed by atoms with E-state index in [1.807, 2.05) is 26.0 Å². The molecule has 9 nitrogen and oxygen atoms in total. The Morgan fingerprint density at radius 2 is 1.41 bits per heavy atom. The summed E-state index contributed by atoms with van der Waals surface area (Å²) in [7, 11) is 0. The first-order valence-electron chi connectivity index (χ1n) is 9.96. The lowest BCUT2D eigenvalue weighted by Gasteiger charge is -2.11. The van der Waals surface area contributed by atoms with E-state index in [1.54, 1.807) is 36.4 Å². The van der Waals surface area contributed by atoms with Crippen molar-refractivity contribution >= 4 is 40.7 Å². The molecule has 2 aromatic rings. The molecule has 0 saturated heterocycles. The number of thiocarbonyl (C=S) groups is 1. The Kier molecular flexibility index (Phi) is 9.92. The summed E-state index contributed by atoms with van der Waals surface area (Å²) in [4.78, 5) is 35.7. The first kappa shape index (κ1) is 24.6. The predicted molar refractivity (Wildman–Crippen MR) is 124 cm³/mol. The van der Waals surface area contributed by atoms with Crippen LogP contribution >= 0.6 is 12.2 Å². The fourth-order valence-electron chi connectivity index (χ4n) is 2.42. The molecule has 10 heteroatoms. The van der Waals surface area contributed by atoms with E-state index in [2.05, 4.69) is 21.5 Å². The van der Waals surface area contributed by atoms with Crippen LogP contribution in [0.25, 0.3) is 0 Å². The summed E-state index contributed by atoms with van der Waals surface area (Å²) in [5.74, 6) is 0.0158. The van der Waals surface area contributed by atoms with E-state index in [0.717, 1.165) is 5.56 Å². The minimum atomic E-state index is -0.480. The van der Waals surface area contributed by atoms with Crippen LogP contribution in [0.5, 0.6) is 11.5 Å². The minimum Gasteiger partial charge on any atom is -0.494 e. The largest absolute Gasteiger partial charge is 0.494 e. The average molecular weight is 459 g/mol. The summed E-state index contributed by atoms with van der Waals surface area (Å²) in [6, 6.07) is 14.2. The third kappa shape index (κ3) is 9.43. The molecule has 0 aliphatic heterocycles. The lowest BCUT2D eigenvalue weighted by Crippen LogP contribution is -2.49. The predicted octanol–water partition coefficient (Wildman–Crippen LogP) is 2.21. The maximum Gasteiger partial charge on any atom is 0.264 e. The maximum atomic E-state index is 12.0. The van der Waals surface area contributed by atoms with Crippen molar-refractivity contribution in [2.45, 2.75) is 26.7 Å². The Bertz CT molecular complexity index is 932. The number of hydrogen-bond donors (Lipinski definition) is 4. The molecule has 0 fully saturated rings. The standard InChI is InChI=1S/C22H26N4O5S/c1-3-30-17-10-6-16(7-11-17)23-19(27)12-13-20(28)25-26-22(32)24-21(29)14-31-18-8-4-15(2)5-9-18/h4-11H,3,12-14H2,1-2H3,(H,23,27)(H,25,28)(H2,24,26,29,32). The van der Waals surface area contributed by atoms with Crippen molar-refractivity contribution in [1.82, 2.24) is 16.2 Å². The SMILES string of the molecule is CCOc1ccc(NC(=O)CCC(=O)NNC(=S)NC(=O)COc2ccc(C)cc2)cc1. The molecule has 2 rings (SSSR count). The van der Waals surface area contributed by atoms with E-state index in [0.29, 0.717) is 23.8 Å². The third-order valence-electron chi connectivity index (χ3n) is 3.99. The highest BCUT2D eigenvalue weighted by Gasteiger charge is 2.10. The molecule has 0 unspecified atom stereocenters. The zero-order valence-electron chi connectivity index (χ0n) is 17.9. The van der Waals surface area contributed by atoms with Crippen LogP contribution in [-0.4, -0.2) is 36.0 Å². The van der Waals surface area contributed by atoms with E-state index < -0.39 is 11.8 Å². The van der Waals surface area contributed by atoms with Gasteiger partial charge in [-0.15, -0.1) is 0 Å². The van der Waals surface area contributed by atoms with Crippen molar-refractivity contribution in [3.05, 3.63) is 54.1 Å². The Hall–Kier alpha value is -3.66. The number of hydrogen-bond acceptors (Lipinski definition) is 6. The molecule has 0 saturated carbocycles. The number of amides is 3. The number of hydrazine groups is 1. The van der Waals surface area contributed by atoms with Crippen LogP contribution in [0.15, 0.2) is 48.5 Å². The van der Waals surface area contributed by atoms with E-state index in [9.17, 15) is 14.4 Å². The minimum absolute atomic E-state index is 0.0236. The second-order valence-electron chi connectivity index (χ2n) is 6.66. The van der Waals surface area contributed by atoms with Crippen LogP contribution in [-0.2, 0) is 14.4 Å². The second-order valence-corrected chi connectivity index (χ2v) is 7.07. The molecule has 0 radical (unpaired) electrons. The van der Waals surface area contributed by atoms with Gasteiger partial charge in [-0.25, -0.2) is 0 Å². The molecule has 0 aromatic heterocycles. The molecule has 0 bridgehead atoms. The molecule has 32 heavy (non-hydrogen) atoms. The van der Waals surface area contributed by atoms with Crippen molar-refractivity contribution < 1.29 is 23.9 Å². The second kappa shape index (κ2) is 12.9. The van der Waals surface area contributed by atoms with Gasteiger partial charge in [0.05, 0.1) is 6.61 Å². The van der Waals surface area contributed by atoms with Crippen LogP contribution in [0, 0.1) is 6.92 Å². The zero-order chi connectivity index (χ0) is 23.3. The van der Waals surface area contributed by atoms with Gasteiger partial charge in [-0.2, -0.15) is 0 Å². The number of carbonyl (C=O) groups excluding carboxylic acids is 3. The zero-order valence-corrected chi connectivity index (χ0v) is 18.7. The molecule has 0 aliphatic rings. The van der Waals surface area contributed by atoms with Crippen molar-refractivity contribution in [1.29, 1.82) is 0 Å². The highest BCUT2D eigenvalue weighted by atomic mass is 32.1. The summed E-state index contributed by atoms with van der Waals surface area (Å²) in [5.41, 5.74) is 6.42. The molecule has 0 spiro atoms. The van der Waals surface area contributed by atoms with Crippen molar-refractivity contribution in [2.75, 3.05) is 18.5 Å². The van der Waals surface area contributed by atoms with Crippen LogP contribution in [0.2, 0.25) is 0 Å².